The van der Waals surface area contributed by atoms with Crippen molar-refractivity contribution in [3.05, 3.63) is 32.5 Å². The molecule has 0 N–H and O–H groups in total. The van der Waals surface area contributed by atoms with Crippen LogP contribution in [0.3, 0.4) is 0 Å². The van der Waals surface area contributed by atoms with Crippen molar-refractivity contribution in [1.82, 2.24) is 0 Å². The summed E-state index contributed by atoms with van der Waals surface area (Å²) in [6, 6.07) is 0. The fraction of sp³-hybridized carbons (Fsp3) is 0.143. The molecular weight excluding hydrogens is 199 g/mol. The van der Waals surface area contributed by atoms with Crippen molar-refractivity contribution in [2.24, 2.45) is 0 Å². The van der Waals surface area contributed by atoms with Gasteiger partial charge in [0.25, 0.3) is 0 Å². The number of hydrogen-bond donors (Lipinski definition) is 0. The third-order valence-electron chi connectivity index (χ3n) is 1.27. The molecule has 0 fully saturated rings. The Bertz CT molecular complexity index is 121. The van der Waals surface area contributed by atoms with E-state index in [1.54, 1.807) is 0 Å². The zero-order valence-corrected chi connectivity index (χ0v) is 8.17. The van der Waals surface area contributed by atoms with Crippen molar-refractivity contribution in [1.29, 1.82) is 0 Å². The Morgan fingerprint density at radius 2 is 2.00 bits per heavy atom. The zero-order chi connectivity index (χ0) is 5.82. The van der Waals surface area contributed by atoms with E-state index in [1.165, 1.54) is 4.18 Å². The van der Waals surface area contributed by atoms with Crippen LogP contribution in [-0.2, 0) is 0 Å². The summed E-state index contributed by atoms with van der Waals surface area (Å²) in [6.45, 7) is 3.71. The SMILES string of the molecule is C=C[CH2][In]1[CH]=CC=[CH]1. The van der Waals surface area contributed by atoms with Crippen molar-refractivity contribution in [3.63, 3.8) is 0 Å². The van der Waals surface area contributed by atoms with E-state index in [-0.39, 0.29) is 0 Å². The molecule has 8 heavy (non-hydrogen) atoms. The van der Waals surface area contributed by atoms with Gasteiger partial charge in [-0.3, -0.25) is 0 Å². The van der Waals surface area contributed by atoms with Gasteiger partial charge in [0.05, 0.1) is 0 Å². The second-order valence-electron chi connectivity index (χ2n) is 1.96. The van der Waals surface area contributed by atoms with Gasteiger partial charge in [-0.1, -0.05) is 0 Å². The van der Waals surface area contributed by atoms with Gasteiger partial charge in [-0.15, -0.1) is 0 Å². The van der Waals surface area contributed by atoms with E-state index >= 15 is 0 Å². The van der Waals surface area contributed by atoms with Crippen LogP contribution in [0.15, 0.2) is 32.5 Å². The average molecular weight is 208 g/mol. The van der Waals surface area contributed by atoms with E-state index in [9.17, 15) is 0 Å². The molecule has 0 aromatic carbocycles. The first-order chi connectivity index (χ1) is 3.93. The Balaban J connectivity index is 2.37. The van der Waals surface area contributed by atoms with Gasteiger partial charge < -0.3 is 0 Å². The fourth-order valence-corrected chi connectivity index (χ4v) is 5.55. The van der Waals surface area contributed by atoms with Crippen LogP contribution in [0.2, 0.25) is 4.18 Å². The second-order valence-corrected chi connectivity index (χ2v) is 9.29. The first-order valence-corrected chi connectivity index (χ1v) is 9.03. The minimum absolute atomic E-state index is 1.17. The molecule has 40 valence electrons. The monoisotopic (exact) mass is 208 g/mol. The van der Waals surface area contributed by atoms with Crippen LogP contribution in [0.25, 0.3) is 0 Å². The predicted octanol–water partition coefficient (Wildman–Crippen LogP) is 1.87. The molecule has 0 unspecified atom stereocenters. The van der Waals surface area contributed by atoms with Crippen LogP contribution in [0.4, 0.5) is 0 Å². The van der Waals surface area contributed by atoms with E-state index < -0.39 is 21.4 Å². The molecule has 0 aliphatic carbocycles. The zero-order valence-electron chi connectivity index (χ0n) is 4.88. The topological polar surface area (TPSA) is 0 Å². The average Bonchev–Trinajstić information content (AvgIpc) is 2.19. The molecule has 1 aliphatic heterocycles. The molecular formula is C7H9In. The minimum atomic E-state index is -1.17. The summed E-state index contributed by atoms with van der Waals surface area (Å²) < 4.78 is 6.07. The van der Waals surface area contributed by atoms with Crippen LogP contribution >= 0.6 is 0 Å². The molecule has 0 aromatic heterocycles. The van der Waals surface area contributed by atoms with Gasteiger partial charge in [0.1, 0.15) is 0 Å². The van der Waals surface area contributed by atoms with Crippen LogP contribution in [-0.4, -0.2) is 21.4 Å². The van der Waals surface area contributed by atoms with E-state index in [4.69, 9.17) is 0 Å². The normalized spacial score (nSPS) is 15.2. The quantitative estimate of drug-likeness (QED) is 0.607. The summed E-state index contributed by atoms with van der Waals surface area (Å²) in [7, 11) is 0. The molecule has 0 aromatic rings. The first-order valence-electron chi connectivity index (χ1n) is 2.89. The van der Waals surface area contributed by atoms with Crippen LogP contribution in [0, 0.1) is 0 Å². The maximum atomic E-state index is 3.71. The summed E-state index contributed by atoms with van der Waals surface area (Å²) in [6.07, 6.45) is 6.38. The molecule has 1 rings (SSSR count). The summed E-state index contributed by atoms with van der Waals surface area (Å²) in [5.74, 6) is 0. The standard InChI is InChI=1S/C4H4.C3H5.In/c1-3-4-2;1-3-2;/h1-4H;3H,1-2H2;. The van der Waals surface area contributed by atoms with Crippen molar-refractivity contribution in [3.8, 4) is 0 Å². The number of hydrogen-bond acceptors (Lipinski definition) is 0. The molecule has 0 saturated heterocycles. The summed E-state index contributed by atoms with van der Waals surface area (Å²) in [5.41, 5.74) is 0. The molecule has 1 heteroatoms. The Kier molecular flexibility index (Phi) is 2.47. The van der Waals surface area contributed by atoms with Crippen molar-refractivity contribution in [2.75, 3.05) is 0 Å². The molecule has 0 spiro atoms. The third-order valence-corrected chi connectivity index (χ3v) is 7.86. The van der Waals surface area contributed by atoms with Crippen LogP contribution < -0.4 is 0 Å². The Labute approximate surface area is 58.1 Å². The fourth-order valence-electron chi connectivity index (χ4n) is 0.827. The van der Waals surface area contributed by atoms with Gasteiger partial charge in [0.2, 0.25) is 0 Å². The van der Waals surface area contributed by atoms with E-state index in [2.05, 4.69) is 26.4 Å². The molecule has 1 aliphatic rings. The van der Waals surface area contributed by atoms with E-state index in [0.29, 0.717) is 0 Å². The van der Waals surface area contributed by atoms with Crippen molar-refractivity contribution < 1.29 is 0 Å². The third kappa shape index (κ3) is 1.55. The summed E-state index contributed by atoms with van der Waals surface area (Å²) in [4.78, 5) is 0. The molecule has 0 atom stereocenters. The van der Waals surface area contributed by atoms with E-state index in [0.717, 1.165) is 0 Å². The Hall–Kier alpha value is 0.0901. The van der Waals surface area contributed by atoms with Gasteiger partial charge in [-0.2, -0.15) is 0 Å². The van der Waals surface area contributed by atoms with Gasteiger partial charge in [0, 0.05) is 0 Å². The van der Waals surface area contributed by atoms with Gasteiger partial charge >= 0.3 is 58.1 Å². The van der Waals surface area contributed by atoms with Crippen molar-refractivity contribution in [2.45, 2.75) is 4.18 Å². The number of rotatable bonds is 2. The van der Waals surface area contributed by atoms with Crippen LogP contribution in [0.1, 0.15) is 0 Å². The number of allylic oxidation sites excluding steroid dienone is 3. The summed E-state index contributed by atoms with van der Waals surface area (Å²) in [5, 5.41) is 0. The first kappa shape index (κ1) is 6.21. The van der Waals surface area contributed by atoms with Gasteiger partial charge in [-0.25, -0.2) is 0 Å². The second kappa shape index (κ2) is 3.18. The Morgan fingerprint density at radius 3 is 2.50 bits per heavy atom. The molecule has 0 radical (unpaired) electrons. The van der Waals surface area contributed by atoms with Gasteiger partial charge in [-0.05, 0) is 0 Å². The maximum absolute atomic E-state index is 3.71. The molecule has 0 saturated carbocycles. The molecule has 0 amide bonds. The predicted molar refractivity (Wildman–Crippen MR) is 39.0 cm³/mol. The van der Waals surface area contributed by atoms with Crippen LogP contribution in [0.5, 0.6) is 0 Å². The molecule has 1 heterocycles. The van der Waals surface area contributed by atoms with E-state index in [1.807, 2.05) is 6.08 Å². The molecule has 0 bridgehead atoms. The van der Waals surface area contributed by atoms with Crippen molar-refractivity contribution >= 4 is 21.4 Å². The molecule has 0 nitrogen and oxygen atoms in total. The van der Waals surface area contributed by atoms with Gasteiger partial charge in [0.15, 0.2) is 0 Å². The Morgan fingerprint density at radius 1 is 1.38 bits per heavy atom. The summed E-state index contributed by atoms with van der Waals surface area (Å²) >= 11 is -1.17.